The maximum Gasteiger partial charge on any atom is 0.134 e. The number of rotatable bonds is 5. The molecule has 152 valence electrons. The molecule has 2 N–H and O–H groups in total. The van der Waals surface area contributed by atoms with E-state index >= 15 is 0 Å². The van der Waals surface area contributed by atoms with Crippen LogP contribution in [0.3, 0.4) is 0 Å². The van der Waals surface area contributed by atoms with E-state index in [1.165, 1.54) is 16.7 Å². The Hall–Kier alpha value is -1.46. The summed E-state index contributed by atoms with van der Waals surface area (Å²) in [6, 6.07) is 15.9. The number of nitrogens with one attached hydrogen (secondary N) is 2. The highest BCUT2D eigenvalue weighted by Crippen LogP contribution is 2.33. The Morgan fingerprint density at radius 3 is 2.25 bits per heavy atom. The van der Waals surface area contributed by atoms with Crippen LogP contribution in [0.5, 0.6) is 0 Å². The molecule has 2 fully saturated rings. The van der Waals surface area contributed by atoms with Gasteiger partial charge in [0.1, 0.15) is 11.6 Å². The van der Waals surface area contributed by atoms with E-state index in [-0.39, 0.29) is 30.6 Å². The van der Waals surface area contributed by atoms with Crippen LogP contribution < -0.4 is 10.6 Å². The Bertz CT molecular complexity index is 759. The van der Waals surface area contributed by atoms with Gasteiger partial charge in [0.2, 0.25) is 0 Å². The smallest absolute Gasteiger partial charge is 0.134 e. The van der Waals surface area contributed by atoms with Crippen LogP contribution in [-0.4, -0.2) is 24.9 Å². The lowest BCUT2D eigenvalue weighted by Gasteiger charge is -2.33. The predicted molar refractivity (Wildman–Crippen MR) is 115 cm³/mol. The van der Waals surface area contributed by atoms with Crippen LogP contribution in [0.1, 0.15) is 47.8 Å². The normalized spacial score (nSPS) is 22.0. The molecule has 0 unspecified atom stereocenters. The van der Waals surface area contributed by atoms with Crippen molar-refractivity contribution in [3.05, 3.63) is 71.0 Å². The van der Waals surface area contributed by atoms with Crippen molar-refractivity contribution >= 4 is 30.6 Å². The zero-order chi connectivity index (χ0) is 17.9. The number of halogens is 3. The van der Waals surface area contributed by atoms with Crippen molar-refractivity contribution in [2.45, 2.75) is 43.7 Å². The van der Waals surface area contributed by atoms with Gasteiger partial charge in [0.25, 0.3) is 0 Å². The van der Waals surface area contributed by atoms with E-state index in [4.69, 9.17) is 0 Å². The molecule has 1 aliphatic carbocycles. The van der Waals surface area contributed by atoms with E-state index in [1.54, 1.807) is 12.1 Å². The Morgan fingerprint density at radius 2 is 1.61 bits per heavy atom. The molecule has 1 saturated carbocycles. The molecular weight excluding hydrogens is 398 g/mol. The molecule has 3 nitrogen and oxygen atoms in total. The number of benzene rings is 2. The highest BCUT2D eigenvalue weighted by molar-refractivity contribution is 5.86. The van der Waals surface area contributed by atoms with Crippen molar-refractivity contribution in [3.63, 3.8) is 0 Å². The van der Waals surface area contributed by atoms with Crippen molar-refractivity contribution in [2.75, 3.05) is 13.1 Å². The molecule has 1 saturated heterocycles. The number of carbonyl (C=O) groups excluding carboxylic acids is 1. The van der Waals surface area contributed by atoms with Gasteiger partial charge in [-0.05, 0) is 47.7 Å². The zero-order valence-corrected chi connectivity index (χ0v) is 17.3. The summed E-state index contributed by atoms with van der Waals surface area (Å²) in [6.45, 7) is 2.73. The quantitative estimate of drug-likeness (QED) is 0.749. The fourth-order valence-electron chi connectivity index (χ4n) is 4.06. The van der Waals surface area contributed by atoms with Gasteiger partial charge in [-0.15, -0.1) is 24.8 Å². The third-order valence-corrected chi connectivity index (χ3v) is 5.75. The number of piperidine rings is 1. The van der Waals surface area contributed by atoms with Gasteiger partial charge < -0.3 is 10.6 Å². The summed E-state index contributed by atoms with van der Waals surface area (Å²) < 4.78 is 13.2. The van der Waals surface area contributed by atoms with Gasteiger partial charge in [-0.1, -0.05) is 36.4 Å². The molecule has 2 aliphatic rings. The molecule has 4 rings (SSSR count). The molecule has 0 spiro atoms. The van der Waals surface area contributed by atoms with Crippen LogP contribution in [0.2, 0.25) is 0 Å². The van der Waals surface area contributed by atoms with Crippen LogP contribution in [0.4, 0.5) is 4.39 Å². The van der Waals surface area contributed by atoms with Crippen molar-refractivity contribution in [1.29, 1.82) is 0 Å². The van der Waals surface area contributed by atoms with Crippen LogP contribution >= 0.6 is 24.8 Å². The Balaban J connectivity index is 0.00000140. The molecule has 2 aromatic carbocycles. The highest BCUT2D eigenvalue weighted by Gasteiger charge is 2.28. The van der Waals surface area contributed by atoms with Gasteiger partial charge >= 0.3 is 0 Å². The first kappa shape index (κ1) is 22.8. The summed E-state index contributed by atoms with van der Waals surface area (Å²) in [6.07, 6.45) is 2.45. The lowest BCUT2D eigenvalue weighted by atomic mass is 9.79. The van der Waals surface area contributed by atoms with Crippen molar-refractivity contribution in [3.8, 4) is 0 Å². The molecule has 6 heteroatoms. The summed E-state index contributed by atoms with van der Waals surface area (Å²) in [7, 11) is 0. The van der Waals surface area contributed by atoms with Crippen molar-refractivity contribution in [2.24, 2.45) is 0 Å². The summed E-state index contributed by atoms with van der Waals surface area (Å²) in [5.74, 6) is 1.02. The number of ketones is 1. The Kier molecular flexibility index (Phi) is 8.44. The van der Waals surface area contributed by atoms with Gasteiger partial charge in [0.15, 0.2) is 0 Å². The summed E-state index contributed by atoms with van der Waals surface area (Å²) in [5, 5.41) is 7.13. The second-order valence-corrected chi connectivity index (χ2v) is 7.52. The zero-order valence-electron chi connectivity index (χ0n) is 15.7. The topological polar surface area (TPSA) is 41.1 Å². The van der Waals surface area contributed by atoms with Crippen LogP contribution in [-0.2, 0) is 11.3 Å². The number of hydrogen-bond donors (Lipinski definition) is 2. The molecule has 2 aromatic rings. The number of Topliss-reactive ketones (excluding diaryl/α,β-unsaturated/α-hetero) is 1. The van der Waals surface area contributed by atoms with E-state index in [1.807, 2.05) is 12.1 Å². The summed E-state index contributed by atoms with van der Waals surface area (Å²) in [4.78, 5) is 11.2. The van der Waals surface area contributed by atoms with E-state index in [0.29, 0.717) is 36.5 Å². The molecule has 0 amide bonds. The minimum Gasteiger partial charge on any atom is -0.315 e. The van der Waals surface area contributed by atoms with Gasteiger partial charge in [-0.3, -0.25) is 4.79 Å². The first-order chi connectivity index (χ1) is 12.7. The van der Waals surface area contributed by atoms with E-state index in [2.05, 4.69) is 34.9 Å². The molecular formula is C22H27Cl2FN2O. The molecule has 0 aromatic heterocycles. The first-order valence-electron chi connectivity index (χ1n) is 9.49. The largest absolute Gasteiger partial charge is 0.315 e. The van der Waals surface area contributed by atoms with E-state index in [0.717, 1.165) is 26.1 Å². The minimum absolute atomic E-state index is 0. The molecule has 0 bridgehead atoms. The lowest BCUT2D eigenvalue weighted by molar-refractivity contribution is -0.124. The molecule has 1 aliphatic heterocycles. The molecule has 2 atom stereocenters. The number of carbonyl (C=O) groups is 1. The minimum atomic E-state index is -0.180. The fourth-order valence-corrected chi connectivity index (χ4v) is 4.06. The van der Waals surface area contributed by atoms with Gasteiger partial charge in [0, 0.05) is 37.9 Å². The van der Waals surface area contributed by atoms with Gasteiger partial charge in [-0.2, -0.15) is 0 Å². The summed E-state index contributed by atoms with van der Waals surface area (Å²) in [5.41, 5.74) is 3.73. The lowest BCUT2D eigenvalue weighted by Crippen LogP contribution is -2.47. The highest BCUT2D eigenvalue weighted by atomic mass is 35.5. The fraction of sp³-hybridized carbons (Fsp3) is 0.409. The van der Waals surface area contributed by atoms with E-state index < -0.39 is 0 Å². The second kappa shape index (κ2) is 10.4. The Morgan fingerprint density at radius 1 is 0.964 bits per heavy atom. The van der Waals surface area contributed by atoms with Crippen molar-refractivity contribution in [1.82, 2.24) is 10.6 Å². The van der Waals surface area contributed by atoms with Crippen molar-refractivity contribution < 1.29 is 9.18 Å². The average molecular weight is 425 g/mol. The van der Waals surface area contributed by atoms with E-state index in [9.17, 15) is 9.18 Å². The maximum atomic E-state index is 13.2. The van der Waals surface area contributed by atoms with Gasteiger partial charge in [-0.25, -0.2) is 4.39 Å². The maximum absolute atomic E-state index is 13.2. The molecule has 0 radical (unpaired) electrons. The van der Waals surface area contributed by atoms with Crippen LogP contribution in [0.15, 0.2) is 48.5 Å². The number of hydrogen-bond acceptors (Lipinski definition) is 3. The van der Waals surface area contributed by atoms with Gasteiger partial charge in [0.05, 0.1) is 0 Å². The van der Waals surface area contributed by atoms with Crippen LogP contribution in [0.25, 0.3) is 0 Å². The first-order valence-corrected chi connectivity index (χ1v) is 9.49. The molecule has 1 heterocycles. The monoisotopic (exact) mass is 424 g/mol. The van der Waals surface area contributed by atoms with Crippen LogP contribution in [0, 0.1) is 5.82 Å². The standard InChI is InChI=1S/C22H25FN2O.2ClH/c23-19-7-5-17(6-8-19)21-9-10-24-14-22(21)25-13-15-1-3-16(4-2-15)18-11-20(26)12-18;;/h1-8,18,21-22,24-25H,9-14H2;2*1H/t21-,22-;;/m0../s1. The predicted octanol–water partition coefficient (Wildman–Crippen LogP) is 4.35. The third kappa shape index (κ3) is 5.32. The SMILES string of the molecule is Cl.Cl.O=C1CC(c2ccc(CN[C@H]3CNCC[C@H]3c3ccc(F)cc3)cc2)C1. The second-order valence-electron chi connectivity index (χ2n) is 7.52. The average Bonchev–Trinajstić information content (AvgIpc) is 2.65. The summed E-state index contributed by atoms with van der Waals surface area (Å²) >= 11 is 0. The third-order valence-electron chi connectivity index (χ3n) is 5.75. The molecule has 28 heavy (non-hydrogen) atoms. The Labute approximate surface area is 178 Å².